The van der Waals surface area contributed by atoms with Crippen molar-refractivity contribution in [2.24, 2.45) is 0 Å². The highest BCUT2D eigenvalue weighted by atomic mass is 19.1. The molecular weight excluding hydrogens is 393 g/mol. The summed E-state index contributed by atoms with van der Waals surface area (Å²) in [6.07, 6.45) is 6.19. The van der Waals surface area contributed by atoms with E-state index >= 15 is 0 Å². The molecule has 2 aromatic carbocycles. The van der Waals surface area contributed by atoms with Crippen LogP contribution in [0.5, 0.6) is 0 Å². The summed E-state index contributed by atoms with van der Waals surface area (Å²) in [5, 5.41) is 8.94. The van der Waals surface area contributed by atoms with Crippen molar-refractivity contribution in [1.29, 1.82) is 0 Å². The standard InChI is InChI=1S/C24H22FN5O/c1-28(15-17-14-26-29(16-17)18-8-3-2-4-9-18)24(31)23-19-10-7-13-21(19)30(27-23)22-12-6-5-11-20(22)25/h2-6,8-9,11-12,14,16H,7,10,13,15H2,1H3. The first kappa shape index (κ1) is 19.2. The SMILES string of the molecule is CN(Cc1cnn(-c2ccccc2)c1)C(=O)c1nn(-c2ccccc2F)c2c1CCC2. The van der Waals surface area contributed by atoms with Gasteiger partial charge in [0.05, 0.1) is 11.9 Å². The molecule has 4 aromatic rings. The summed E-state index contributed by atoms with van der Waals surface area (Å²) in [6, 6.07) is 16.4. The van der Waals surface area contributed by atoms with Gasteiger partial charge in [-0.3, -0.25) is 4.79 Å². The molecule has 0 N–H and O–H groups in total. The third kappa shape index (κ3) is 3.52. The average molecular weight is 415 g/mol. The Hall–Kier alpha value is -3.74. The van der Waals surface area contributed by atoms with Crippen molar-refractivity contribution in [3.63, 3.8) is 0 Å². The molecule has 7 heteroatoms. The van der Waals surface area contributed by atoms with Gasteiger partial charge in [0.2, 0.25) is 0 Å². The molecule has 1 amide bonds. The molecule has 0 bridgehead atoms. The number of fused-ring (bicyclic) bond motifs is 1. The molecule has 1 aliphatic rings. The highest BCUT2D eigenvalue weighted by Gasteiger charge is 2.29. The summed E-state index contributed by atoms with van der Waals surface area (Å²) in [4.78, 5) is 14.9. The number of amides is 1. The van der Waals surface area contributed by atoms with Crippen LogP contribution in [0.4, 0.5) is 4.39 Å². The van der Waals surface area contributed by atoms with E-state index in [0.29, 0.717) is 17.9 Å². The minimum absolute atomic E-state index is 0.166. The Kier molecular flexibility index (Phi) is 4.86. The summed E-state index contributed by atoms with van der Waals surface area (Å²) in [7, 11) is 1.76. The first-order chi connectivity index (χ1) is 15.1. The van der Waals surface area contributed by atoms with Crippen LogP contribution in [0.15, 0.2) is 67.0 Å². The second-order valence-electron chi connectivity index (χ2n) is 7.78. The maximum atomic E-state index is 14.4. The lowest BCUT2D eigenvalue weighted by atomic mass is 10.2. The van der Waals surface area contributed by atoms with E-state index in [4.69, 9.17) is 0 Å². The van der Waals surface area contributed by atoms with Crippen LogP contribution >= 0.6 is 0 Å². The Morgan fingerprint density at radius 2 is 1.87 bits per heavy atom. The number of halogens is 1. The zero-order valence-electron chi connectivity index (χ0n) is 17.2. The Labute approximate surface area is 179 Å². The fourth-order valence-corrected chi connectivity index (χ4v) is 4.12. The molecule has 0 fully saturated rings. The van der Waals surface area contributed by atoms with Gasteiger partial charge in [0, 0.05) is 36.6 Å². The van der Waals surface area contributed by atoms with Gasteiger partial charge in [-0.25, -0.2) is 13.8 Å². The van der Waals surface area contributed by atoms with E-state index < -0.39 is 0 Å². The molecule has 0 saturated carbocycles. The van der Waals surface area contributed by atoms with Crippen molar-refractivity contribution in [3.8, 4) is 11.4 Å². The molecule has 31 heavy (non-hydrogen) atoms. The molecule has 0 aliphatic heterocycles. The first-order valence-electron chi connectivity index (χ1n) is 10.3. The van der Waals surface area contributed by atoms with Crippen molar-refractivity contribution in [2.75, 3.05) is 7.05 Å². The van der Waals surface area contributed by atoms with E-state index in [1.54, 1.807) is 45.7 Å². The fraction of sp³-hybridized carbons (Fsp3) is 0.208. The molecule has 0 saturated heterocycles. The number of rotatable bonds is 5. The number of carbonyl (C=O) groups excluding carboxylic acids is 1. The van der Waals surface area contributed by atoms with Crippen LogP contribution in [0.1, 0.15) is 33.7 Å². The van der Waals surface area contributed by atoms with E-state index in [9.17, 15) is 9.18 Å². The highest BCUT2D eigenvalue weighted by molar-refractivity contribution is 5.94. The second-order valence-corrected chi connectivity index (χ2v) is 7.78. The number of carbonyl (C=O) groups is 1. The minimum atomic E-state index is -0.347. The molecule has 2 heterocycles. The van der Waals surface area contributed by atoms with Gasteiger partial charge < -0.3 is 4.90 Å². The molecule has 6 nitrogen and oxygen atoms in total. The van der Waals surface area contributed by atoms with Gasteiger partial charge >= 0.3 is 0 Å². The van der Waals surface area contributed by atoms with Crippen molar-refractivity contribution < 1.29 is 9.18 Å². The quantitative estimate of drug-likeness (QED) is 0.496. The number of nitrogens with zero attached hydrogens (tertiary/aromatic N) is 5. The van der Waals surface area contributed by atoms with Crippen LogP contribution in [0, 0.1) is 5.82 Å². The van der Waals surface area contributed by atoms with Gasteiger partial charge in [-0.15, -0.1) is 0 Å². The molecule has 0 radical (unpaired) electrons. The largest absolute Gasteiger partial charge is 0.336 e. The van der Waals surface area contributed by atoms with Crippen molar-refractivity contribution in [1.82, 2.24) is 24.5 Å². The summed E-state index contributed by atoms with van der Waals surface area (Å²) >= 11 is 0. The maximum Gasteiger partial charge on any atom is 0.274 e. The van der Waals surface area contributed by atoms with Crippen LogP contribution in [0.3, 0.4) is 0 Å². The van der Waals surface area contributed by atoms with Crippen molar-refractivity contribution >= 4 is 5.91 Å². The van der Waals surface area contributed by atoms with E-state index in [2.05, 4.69) is 10.2 Å². The second kappa shape index (κ2) is 7.83. The molecule has 1 aliphatic carbocycles. The number of para-hydroxylation sites is 2. The summed E-state index contributed by atoms with van der Waals surface area (Å²) in [5.41, 5.74) is 4.54. The minimum Gasteiger partial charge on any atom is -0.336 e. The fourth-order valence-electron chi connectivity index (χ4n) is 4.12. The molecule has 0 spiro atoms. The van der Waals surface area contributed by atoms with Gasteiger partial charge in [-0.1, -0.05) is 30.3 Å². The molecule has 0 atom stereocenters. The van der Waals surface area contributed by atoms with Gasteiger partial charge in [-0.2, -0.15) is 10.2 Å². The molecule has 5 rings (SSSR count). The van der Waals surface area contributed by atoms with Gasteiger partial charge in [0.15, 0.2) is 5.69 Å². The average Bonchev–Trinajstić information content (AvgIpc) is 3.51. The smallest absolute Gasteiger partial charge is 0.274 e. The van der Waals surface area contributed by atoms with E-state index in [1.165, 1.54) is 6.07 Å². The van der Waals surface area contributed by atoms with Gasteiger partial charge in [0.1, 0.15) is 11.5 Å². The van der Waals surface area contributed by atoms with Crippen LogP contribution in [-0.2, 0) is 19.4 Å². The Morgan fingerprint density at radius 3 is 2.68 bits per heavy atom. The van der Waals surface area contributed by atoms with Crippen molar-refractivity contribution in [3.05, 3.63) is 95.3 Å². The first-order valence-corrected chi connectivity index (χ1v) is 10.3. The molecule has 0 unspecified atom stereocenters. The Morgan fingerprint density at radius 1 is 1.10 bits per heavy atom. The van der Waals surface area contributed by atoms with Crippen LogP contribution in [0.2, 0.25) is 0 Å². The Bertz CT molecular complexity index is 1240. The number of hydrogen-bond acceptors (Lipinski definition) is 3. The number of hydrogen-bond donors (Lipinski definition) is 0. The van der Waals surface area contributed by atoms with Gasteiger partial charge in [0.25, 0.3) is 5.91 Å². The predicted molar refractivity (Wildman–Crippen MR) is 115 cm³/mol. The summed E-state index contributed by atoms with van der Waals surface area (Å²) in [6.45, 7) is 0.410. The van der Waals surface area contributed by atoms with E-state index in [1.807, 2.05) is 36.5 Å². The lowest BCUT2D eigenvalue weighted by Crippen LogP contribution is -2.27. The zero-order chi connectivity index (χ0) is 21.4. The summed E-state index contributed by atoms with van der Waals surface area (Å²) in [5.74, 6) is -0.513. The lowest BCUT2D eigenvalue weighted by molar-refractivity contribution is 0.0777. The highest BCUT2D eigenvalue weighted by Crippen LogP contribution is 2.29. The zero-order valence-corrected chi connectivity index (χ0v) is 17.2. The topological polar surface area (TPSA) is 56.0 Å². The predicted octanol–water partition coefficient (Wildman–Crippen LogP) is 3.96. The van der Waals surface area contributed by atoms with Crippen LogP contribution < -0.4 is 0 Å². The number of aromatic nitrogens is 4. The third-order valence-corrected chi connectivity index (χ3v) is 5.64. The number of benzene rings is 2. The van der Waals surface area contributed by atoms with E-state index in [-0.39, 0.29) is 11.7 Å². The van der Waals surface area contributed by atoms with Crippen LogP contribution in [-0.4, -0.2) is 37.4 Å². The van der Waals surface area contributed by atoms with Gasteiger partial charge in [-0.05, 0) is 43.5 Å². The Balaban J connectivity index is 1.40. The van der Waals surface area contributed by atoms with Crippen molar-refractivity contribution in [2.45, 2.75) is 25.8 Å². The maximum absolute atomic E-state index is 14.4. The molecule has 156 valence electrons. The molecule has 2 aromatic heterocycles. The third-order valence-electron chi connectivity index (χ3n) is 5.64. The normalized spacial score (nSPS) is 12.7. The lowest BCUT2D eigenvalue weighted by Gasteiger charge is -2.15. The van der Waals surface area contributed by atoms with Crippen LogP contribution in [0.25, 0.3) is 11.4 Å². The molecular formula is C24H22FN5O. The van der Waals surface area contributed by atoms with E-state index in [0.717, 1.165) is 41.8 Å². The summed E-state index contributed by atoms with van der Waals surface area (Å²) < 4.78 is 17.8. The monoisotopic (exact) mass is 415 g/mol.